The highest BCUT2D eigenvalue weighted by Crippen LogP contribution is 2.24. The van der Waals surface area contributed by atoms with Crippen LogP contribution in [0.1, 0.15) is 31.1 Å². The average Bonchev–Trinajstić information content (AvgIpc) is 2.41. The molecular weight excluding hydrogens is 282 g/mol. The van der Waals surface area contributed by atoms with E-state index < -0.39 is 12.1 Å². The van der Waals surface area contributed by atoms with E-state index in [0.29, 0.717) is 18.1 Å². The molecule has 1 aromatic carbocycles. The van der Waals surface area contributed by atoms with Crippen LogP contribution in [0.15, 0.2) is 18.2 Å². The van der Waals surface area contributed by atoms with Gasteiger partial charge in [0.2, 0.25) is 0 Å². The number of aromatic carboxylic acids is 1. The van der Waals surface area contributed by atoms with Crippen molar-refractivity contribution < 1.29 is 19.4 Å². The molecule has 110 valence electrons. The summed E-state index contributed by atoms with van der Waals surface area (Å²) in [5.74, 6) is -1.19. The summed E-state index contributed by atoms with van der Waals surface area (Å²) in [6.45, 7) is 6.50. The zero-order valence-corrected chi connectivity index (χ0v) is 12.5. The van der Waals surface area contributed by atoms with Crippen LogP contribution in [-0.2, 0) is 4.79 Å². The summed E-state index contributed by atoms with van der Waals surface area (Å²) in [5.41, 5.74) is -0.0586. The molecule has 6 heteroatoms. The van der Waals surface area contributed by atoms with E-state index in [-0.39, 0.29) is 17.2 Å². The van der Waals surface area contributed by atoms with Gasteiger partial charge in [0.25, 0.3) is 5.91 Å². The Labute approximate surface area is 123 Å². The number of rotatable bonds is 6. The third-order valence-electron chi connectivity index (χ3n) is 2.90. The van der Waals surface area contributed by atoms with Crippen LogP contribution in [0.25, 0.3) is 0 Å². The maximum Gasteiger partial charge on any atom is 0.339 e. The number of hydrogen-bond donors (Lipinski definition) is 1. The highest BCUT2D eigenvalue weighted by Gasteiger charge is 2.22. The third-order valence-corrected chi connectivity index (χ3v) is 3.13. The van der Waals surface area contributed by atoms with Crippen LogP contribution < -0.4 is 4.74 Å². The quantitative estimate of drug-likeness (QED) is 0.877. The van der Waals surface area contributed by atoms with E-state index in [1.54, 1.807) is 11.8 Å². The van der Waals surface area contributed by atoms with Crippen molar-refractivity contribution in [1.29, 1.82) is 0 Å². The van der Waals surface area contributed by atoms with Crippen molar-refractivity contribution in [3.8, 4) is 5.75 Å². The Morgan fingerprint density at radius 2 is 1.95 bits per heavy atom. The normalized spacial score (nSPS) is 11.8. The largest absolute Gasteiger partial charge is 0.480 e. The first-order chi connectivity index (χ1) is 9.40. The molecule has 1 rings (SSSR count). The number of nitrogens with zero attached hydrogens (tertiary/aromatic N) is 1. The first-order valence-corrected chi connectivity index (χ1v) is 6.76. The first-order valence-electron chi connectivity index (χ1n) is 6.38. The number of benzene rings is 1. The van der Waals surface area contributed by atoms with Gasteiger partial charge in [-0.15, -0.1) is 0 Å². The predicted molar refractivity (Wildman–Crippen MR) is 76.4 cm³/mol. The van der Waals surface area contributed by atoms with E-state index in [4.69, 9.17) is 21.4 Å². The van der Waals surface area contributed by atoms with Crippen molar-refractivity contribution in [2.45, 2.75) is 26.9 Å². The number of ether oxygens (including phenoxy) is 1. The lowest BCUT2D eigenvalue weighted by atomic mass is 10.2. The number of amides is 1. The maximum atomic E-state index is 12.1. The highest BCUT2D eigenvalue weighted by atomic mass is 35.5. The minimum absolute atomic E-state index is 0.0586. The standard InChI is InChI=1S/C14H18ClNO4/c1-4-16(5-2)13(17)9(3)20-12-7-6-10(15)8-11(12)14(18)19/h6-9H,4-5H2,1-3H3,(H,18,19). The third kappa shape index (κ3) is 3.87. The Hall–Kier alpha value is -1.75. The molecule has 0 heterocycles. The summed E-state index contributed by atoms with van der Waals surface area (Å²) in [7, 11) is 0. The molecule has 0 saturated heterocycles. The van der Waals surface area contributed by atoms with Gasteiger partial charge in [-0.05, 0) is 39.0 Å². The van der Waals surface area contributed by atoms with Crippen LogP contribution in [0.2, 0.25) is 5.02 Å². The highest BCUT2D eigenvalue weighted by molar-refractivity contribution is 6.31. The van der Waals surface area contributed by atoms with Gasteiger partial charge >= 0.3 is 5.97 Å². The molecular formula is C14H18ClNO4. The SMILES string of the molecule is CCN(CC)C(=O)C(C)Oc1ccc(Cl)cc1C(=O)O. The number of carbonyl (C=O) groups is 2. The Bertz CT molecular complexity index is 500. The van der Waals surface area contributed by atoms with E-state index in [1.165, 1.54) is 18.2 Å². The second kappa shape index (κ2) is 7.14. The second-order valence-electron chi connectivity index (χ2n) is 4.22. The zero-order chi connectivity index (χ0) is 15.3. The molecule has 0 aromatic heterocycles. The molecule has 0 bridgehead atoms. The molecule has 1 unspecified atom stereocenters. The number of hydrogen-bond acceptors (Lipinski definition) is 3. The van der Waals surface area contributed by atoms with Gasteiger partial charge in [0.05, 0.1) is 0 Å². The molecule has 0 fully saturated rings. The van der Waals surface area contributed by atoms with Gasteiger partial charge in [-0.2, -0.15) is 0 Å². The number of likely N-dealkylation sites (N-methyl/N-ethyl adjacent to an activating group) is 1. The predicted octanol–water partition coefficient (Wildman–Crippen LogP) is 2.67. The van der Waals surface area contributed by atoms with E-state index in [9.17, 15) is 9.59 Å². The number of carboxylic acids is 1. The molecule has 1 amide bonds. The average molecular weight is 300 g/mol. The molecule has 0 aliphatic carbocycles. The molecule has 1 N–H and O–H groups in total. The Morgan fingerprint density at radius 1 is 1.35 bits per heavy atom. The van der Waals surface area contributed by atoms with Gasteiger partial charge in [0.1, 0.15) is 11.3 Å². The van der Waals surface area contributed by atoms with Crippen LogP contribution in [0, 0.1) is 0 Å². The van der Waals surface area contributed by atoms with Gasteiger partial charge in [-0.3, -0.25) is 4.79 Å². The number of carbonyl (C=O) groups excluding carboxylic acids is 1. The topological polar surface area (TPSA) is 66.8 Å². The fraction of sp³-hybridized carbons (Fsp3) is 0.429. The summed E-state index contributed by atoms with van der Waals surface area (Å²) < 4.78 is 5.48. The molecule has 1 atom stereocenters. The summed E-state index contributed by atoms with van der Waals surface area (Å²) in [6.07, 6.45) is -0.755. The lowest BCUT2D eigenvalue weighted by Crippen LogP contribution is -2.40. The summed E-state index contributed by atoms with van der Waals surface area (Å²) >= 11 is 5.76. The molecule has 5 nitrogen and oxygen atoms in total. The summed E-state index contributed by atoms with van der Waals surface area (Å²) in [5, 5.41) is 9.41. The fourth-order valence-electron chi connectivity index (χ4n) is 1.81. The fourth-order valence-corrected chi connectivity index (χ4v) is 1.98. The van der Waals surface area contributed by atoms with Crippen LogP contribution in [-0.4, -0.2) is 41.1 Å². The molecule has 0 saturated carbocycles. The van der Waals surface area contributed by atoms with Crippen molar-refractivity contribution in [3.63, 3.8) is 0 Å². The van der Waals surface area contributed by atoms with Crippen molar-refractivity contribution in [1.82, 2.24) is 4.90 Å². The Morgan fingerprint density at radius 3 is 2.45 bits per heavy atom. The van der Waals surface area contributed by atoms with E-state index in [0.717, 1.165) is 0 Å². The smallest absolute Gasteiger partial charge is 0.339 e. The Balaban J connectivity index is 2.93. The van der Waals surface area contributed by atoms with Crippen LogP contribution in [0.4, 0.5) is 0 Å². The van der Waals surface area contributed by atoms with Crippen LogP contribution in [0.3, 0.4) is 0 Å². The van der Waals surface area contributed by atoms with Gasteiger partial charge in [-0.25, -0.2) is 4.79 Å². The van der Waals surface area contributed by atoms with E-state index in [1.807, 2.05) is 13.8 Å². The first kappa shape index (κ1) is 16.3. The molecule has 0 aliphatic rings. The molecule has 20 heavy (non-hydrogen) atoms. The van der Waals surface area contributed by atoms with Crippen molar-refractivity contribution in [2.24, 2.45) is 0 Å². The molecule has 0 radical (unpaired) electrons. The summed E-state index contributed by atoms with van der Waals surface area (Å²) in [4.78, 5) is 24.8. The van der Waals surface area contributed by atoms with Crippen molar-refractivity contribution >= 4 is 23.5 Å². The van der Waals surface area contributed by atoms with Crippen molar-refractivity contribution in [3.05, 3.63) is 28.8 Å². The summed E-state index contributed by atoms with van der Waals surface area (Å²) in [6, 6.07) is 4.28. The zero-order valence-electron chi connectivity index (χ0n) is 11.7. The number of halogens is 1. The van der Waals surface area contributed by atoms with Crippen LogP contribution in [0.5, 0.6) is 5.75 Å². The molecule has 1 aromatic rings. The monoisotopic (exact) mass is 299 g/mol. The minimum atomic E-state index is -1.15. The van der Waals surface area contributed by atoms with Gasteiger partial charge < -0.3 is 14.7 Å². The van der Waals surface area contributed by atoms with Gasteiger partial charge in [0, 0.05) is 18.1 Å². The van der Waals surface area contributed by atoms with Gasteiger partial charge in [-0.1, -0.05) is 11.6 Å². The van der Waals surface area contributed by atoms with Gasteiger partial charge in [0.15, 0.2) is 6.10 Å². The second-order valence-corrected chi connectivity index (χ2v) is 4.65. The molecule has 0 spiro atoms. The van der Waals surface area contributed by atoms with Crippen molar-refractivity contribution in [2.75, 3.05) is 13.1 Å². The lowest BCUT2D eigenvalue weighted by molar-refractivity contribution is -0.137. The van der Waals surface area contributed by atoms with E-state index >= 15 is 0 Å². The van der Waals surface area contributed by atoms with E-state index in [2.05, 4.69) is 0 Å². The van der Waals surface area contributed by atoms with Crippen LogP contribution >= 0.6 is 11.6 Å². The lowest BCUT2D eigenvalue weighted by Gasteiger charge is -2.23. The Kier molecular flexibility index (Phi) is 5.82. The molecule has 0 aliphatic heterocycles. The minimum Gasteiger partial charge on any atom is -0.480 e. The number of carboxylic acid groups (broad SMARTS) is 1. The maximum absolute atomic E-state index is 12.1.